The SMILES string of the molecule is COc1csc(C(N)COC(C)C)c1. The molecule has 0 radical (unpaired) electrons. The van der Waals surface area contributed by atoms with Gasteiger partial charge in [0.25, 0.3) is 0 Å². The molecule has 0 fully saturated rings. The Bertz CT molecular complexity index is 273. The average Bonchev–Trinajstić information content (AvgIpc) is 2.62. The van der Waals surface area contributed by atoms with Gasteiger partial charge >= 0.3 is 0 Å². The topological polar surface area (TPSA) is 44.5 Å². The lowest BCUT2D eigenvalue weighted by Crippen LogP contribution is -2.18. The lowest BCUT2D eigenvalue weighted by atomic mass is 10.2. The standard InChI is InChI=1S/C10H17NO2S/c1-7(2)13-5-9(11)10-4-8(12-3)6-14-10/h4,6-7,9H,5,11H2,1-3H3. The average molecular weight is 215 g/mol. The molecule has 0 saturated heterocycles. The Kier molecular flexibility index (Phi) is 4.38. The van der Waals surface area contributed by atoms with Gasteiger partial charge in [-0.3, -0.25) is 0 Å². The summed E-state index contributed by atoms with van der Waals surface area (Å²) in [6, 6.07) is 1.91. The van der Waals surface area contributed by atoms with E-state index >= 15 is 0 Å². The molecule has 0 amide bonds. The Morgan fingerprint density at radius 3 is 2.71 bits per heavy atom. The van der Waals surface area contributed by atoms with Gasteiger partial charge in [0.2, 0.25) is 0 Å². The Morgan fingerprint density at radius 1 is 1.50 bits per heavy atom. The van der Waals surface area contributed by atoms with E-state index in [9.17, 15) is 0 Å². The van der Waals surface area contributed by atoms with Crippen LogP contribution in [0.4, 0.5) is 0 Å². The lowest BCUT2D eigenvalue weighted by molar-refractivity contribution is 0.0688. The van der Waals surface area contributed by atoms with E-state index in [1.807, 2.05) is 25.3 Å². The first-order valence-corrected chi connectivity index (χ1v) is 5.51. The summed E-state index contributed by atoms with van der Waals surface area (Å²) in [7, 11) is 1.65. The second-order valence-corrected chi connectivity index (χ2v) is 4.32. The molecule has 1 aromatic heterocycles. The van der Waals surface area contributed by atoms with Crippen LogP contribution in [0.25, 0.3) is 0 Å². The largest absolute Gasteiger partial charge is 0.496 e. The Labute approximate surface area is 88.8 Å². The van der Waals surface area contributed by atoms with Crippen molar-refractivity contribution in [2.45, 2.75) is 26.0 Å². The molecule has 0 spiro atoms. The van der Waals surface area contributed by atoms with Crippen molar-refractivity contribution in [2.75, 3.05) is 13.7 Å². The molecule has 1 heterocycles. The van der Waals surface area contributed by atoms with Crippen molar-refractivity contribution < 1.29 is 9.47 Å². The van der Waals surface area contributed by atoms with E-state index in [4.69, 9.17) is 15.2 Å². The Hall–Kier alpha value is -0.580. The van der Waals surface area contributed by atoms with E-state index in [0.717, 1.165) is 10.6 Å². The van der Waals surface area contributed by atoms with Crippen LogP contribution in [0.15, 0.2) is 11.4 Å². The van der Waals surface area contributed by atoms with Gasteiger partial charge in [-0.25, -0.2) is 0 Å². The van der Waals surface area contributed by atoms with Gasteiger partial charge in [-0.05, 0) is 19.9 Å². The summed E-state index contributed by atoms with van der Waals surface area (Å²) in [5.74, 6) is 0.866. The van der Waals surface area contributed by atoms with Crippen molar-refractivity contribution >= 4 is 11.3 Å². The Balaban J connectivity index is 2.47. The molecular weight excluding hydrogens is 198 g/mol. The molecule has 1 unspecified atom stereocenters. The molecule has 0 bridgehead atoms. The monoisotopic (exact) mass is 215 g/mol. The summed E-state index contributed by atoms with van der Waals surface area (Å²) in [4.78, 5) is 1.10. The van der Waals surface area contributed by atoms with E-state index < -0.39 is 0 Å². The van der Waals surface area contributed by atoms with Crippen molar-refractivity contribution in [1.82, 2.24) is 0 Å². The molecule has 0 aliphatic carbocycles. The first-order valence-electron chi connectivity index (χ1n) is 4.63. The van der Waals surface area contributed by atoms with Crippen LogP contribution < -0.4 is 10.5 Å². The maximum absolute atomic E-state index is 5.94. The molecule has 0 saturated carbocycles. The third-order valence-electron chi connectivity index (χ3n) is 1.81. The van der Waals surface area contributed by atoms with Crippen LogP contribution in [0, 0.1) is 0 Å². The summed E-state index contributed by atoms with van der Waals surface area (Å²) in [6.07, 6.45) is 0.225. The number of nitrogens with two attached hydrogens (primary N) is 1. The number of hydrogen-bond donors (Lipinski definition) is 1. The van der Waals surface area contributed by atoms with Crippen molar-refractivity contribution in [3.8, 4) is 5.75 Å². The first-order chi connectivity index (χ1) is 6.63. The predicted molar refractivity (Wildman–Crippen MR) is 58.9 cm³/mol. The maximum atomic E-state index is 5.94. The van der Waals surface area contributed by atoms with Crippen LogP contribution in [0.2, 0.25) is 0 Å². The number of thiophene rings is 1. The van der Waals surface area contributed by atoms with Gasteiger partial charge in [0.1, 0.15) is 5.75 Å². The zero-order valence-corrected chi connectivity index (χ0v) is 9.64. The summed E-state index contributed by atoms with van der Waals surface area (Å²) in [6.45, 7) is 4.56. The van der Waals surface area contributed by atoms with Crippen molar-refractivity contribution in [3.05, 3.63) is 16.3 Å². The summed E-state index contributed by atoms with van der Waals surface area (Å²) >= 11 is 1.60. The van der Waals surface area contributed by atoms with Crippen LogP contribution in [-0.2, 0) is 4.74 Å². The number of hydrogen-bond acceptors (Lipinski definition) is 4. The quantitative estimate of drug-likeness (QED) is 0.818. The highest BCUT2D eigenvalue weighted by Crippen LogP contribution is 2.25. The number of methoxy groups -OCH3 is 1. The first kappa shape index (κ1) is 11.5. The van der Waals surface area contributed by atoms with Crippen molar-refractivity contribution in [1.29, 1.82) is 0 Å². The normalized spacial score (nSPS) is 13.2. The van der Waals surface area contributed by atoms with Crippen LogP contribution in [0.3, 0.4) is 0 Å². The van der Waals surface area contributed by atoms with E-state index in [2.05, 4.69) is 0 Å². The van der Waals surface area contributed by atoms with Crippen molar-refractivity contribution in [2.24, 2.45) is 5.73 Å². The fourth-order valence-electron chi connectivity index (χ4n) is 1.01. The van der Waals surface area contributed by atoms with Gasteiger partial charge in [0, 0.05) is 10.3 Å². The molecule has 0 aromatic carbocycles. The van der Waals surface area contributed by atoms with Gasteiger partial charge in [0.15, 0.2) is 0 Å². The third kappa shape index (κ3) is 3.29. The highest BCUT2D eigenvalue weighted by molar-refractivity contribution is 7.10. The van der Waals surface area contributed by atoms with E-state index in [0.29, 0.717) is 6.61 Å². The van der Waals surface area contributed by atoms with Gasteiger partial charge in [-0.1, -0.05) is 0 Å². The smallest absolute Gasteiger partial charge is 0.129 e. The lowest BCUT2D eigenvalue weighted by Gasteiger charge is -2.12. The van der Waals surface area contributed by atoms with Gasteiger partial charge in [-0.15, -0.1) is 11.3 Å². The van der Waals surface area contributed by atoms with Gasteiger partial charge in [0.05, 0.1) is 25.9 Å². The molecule has 80 valence electrons. The molecular formula is C10H17NO2S. The van der Waals surface area contributed by atoms with E-state index in [1.54, 1.807) is 18.4 Å². The van der Waals surface area contributed by atoms with Crippen LogP contribution in [0.5, 0.6) is 5.75 Å². The number of rotatable bonds is 5. The fraction of sp³-hybridized carbons (Fsp3) is 0.600. The van der Waals surface area contributed by atoms with Gasteiger partial charge in [-0.2, -0.15) is 0 Å². The molecule has 0 aliphatic heterocycles. The zero-order valence-electron chi connectivity index (χ0n) is 8.82. The van der Waals surface area contributed by atoms with Crippen LogP contribution >= 0.6 is 11.3 Å². The zero-order chi connectivity index (χ0) is 10.6. The Morgan fingerprint density at radius 2 is 2.21 bits per heavy atom. The minimum atomic E-state index is -0.0497. The molecule has 1 atom stereocenters. The molecule has 0 aliphatic rings. The summed E-state index contributed by atoms with van der Waals surface area (Å²) in [5, 5.41) is 1.95. The second kappa shape index (κ2) is 5.34. The summed E-state index contributed by atoms with van der Waals surface area (Å²) in [5.41, 5.74) is 5.94. The van der Waals surface area contributed by atoms with Gasteiger partial charge < -0.3 is 15.2 Å². The van der Waals surface area contributed by atoms with E-state index in [-0.39, 0.29) is 12.1 Å². The molecule has 3 nitrogen and oxygen atoms in total. The minimum Gasteiger partial charge on any atom is -0.496 e. The van der Waals surface area contributed by atoms with E-state index in [1.165, 1.54) is 0 Å². The second-order valence-electron chi connectivity index (χ2n) is 3.38. The molecule has 14 heavy (non-hydrogen) atoms. The maximum Gasteiger partial charge on any atom is 0.129 e. The summed E-state index contributed by atoms with van der Waals surface area (Å²) < 4.78 is 10.5. The van der Waals surface area contributed by atoms with Crippen LogP contribution in [0.1, 0.15) is 24.8 Å². The minimum absolute atomic E-state index is 0.0497. The number of ether oxygens (including phenoxy) is 2. The highest BCUT2D eigenvalue weighted by atomic mass is 32.1. The molecule has 4 heteroatoms. The molecule has 2 N–H and O–H groups in total. The third-order valence-corrected chi connectivity index (χ3v) is 2.85. The van der Waals surface area contributed by atoms with Crippen LogP contribution in [-0.4, -0.2) is 19.8 Å². The molecule has 1 aromatic rings. The van der Waals surface area contributed by atoms with Crippen molar-refractivity contribution in [3.63, 3.8) is 0 Å². The molecule has 1 rings (SSSR count). The predicted octanol–water partition coefficient (Wildman–Crippen LogP) is 2.18. The highest BCUT2D eigenvalue weighted by Gasteiger charge is 2.10. The fourth-order valence-corrected chi connectivity index (χ4v) is 1.86.